The highest BCUT2D eigenvalue weighted by Crippen LogP contribution is 2.15. The normalized spacial score (nSPS) is 11.5. The third kappa shape index (κ3) is 4.30. The first-order valence-electron chi connectivity index (χ1n) is 5.71. The topological polar surface area (TPSA) is 92.7 Å². The van der Waals surface area contributed by atoms with Crippen LogP contribution in [0.2, 0.25) is 0 Å². The Morgan fingerprint density at radius 1 is 1.42 bits per heavy atom. The Labute approximate surface area is 112 Å². The van der Waals surface area contributed by atoms with Gasteiger partial charge in [0.15, 0.2) is 0 Å². The molecular weight excluding hydrogens is 270 g/mol. The van der Waals surface area contributed by atoms with Gasteiger partial charge in [0, 0.05) is 20.3 Å². The van der Waals surface area contributed by atoms with Crippen molar-refractivity contribution in [3.8, 4) is 0 Å². The Balaban J connectivity index is 2.89. The van der Waals surface area contributed by atoms with Gasteiger partial charge >= 0.3 is 5.97 Å². The second kappa shape index (κ2) is 6.65. The maximum Gasteiger partial charge on any atom is 0.335 e. The number of hydrogen-bond donors (Lipinski definition) is 2. The summed E-state index contributed by atoms with van der Waals surface area (Å²) in [5, 5.41) is 8.97. The largest absolute Gasteiger partial charge is 0.478 e. The lowest BCUT2D eigenvalue weighted by molar-refractivity contribution is 0.0696. The van der Waals surface area contributed by atoms with E-state index in [2.05, 4.69) is 4.72 Å². The summed E-state index contributed by atoms with van der Waals surface area (Å²) in [5.74, 6) is -1.14. The van der Waals surface area contributed by atoms with Crippen molar-refractivity contribution >= 4 is 16.0 Å². The number of carboxylic acid groups (broad SMARTS) is 1. The van der Waals surface area contributed by atoms with Gasteiger partial charge in [-0.2, -0.15) is 0 Å². The van der Waals surface area contributed by atoms with Crippen LogP contribution in [-0.2, 0) is 14.8 Å². The van der Waals surface area contributed by atoms with E-state index in [0.29, 0.717) is 18.6 Å². The van der Waals surface area contributed by atoms with E-state index in [0.717, 1.165) is 6.07 Å². The van der Waals surface area contributed by atoms with Crippen LogP contribution in [0.15, 0.2) is 23.1 Å². The fourth-order valence-corrected chi connectivity index (χ4v) is 2.60. The van der Waals surface area contributed by atoms with Gasteiger partial charge in [-0.25, -0.2) is 17.9 Å². The SMILES string of the molecule is COCCCNS(=O)(=O)c1ccc(C)c(C(=O)O)c1. The number of aromatic carboxylic acids is 1. The molecule has 0 unspecified atom stereocenters. The zero-order valence-corrected chi connectivity index (χ0v) is 11.7. The number of carbonyl (C=O) groups is 1. The van der Waals surface area contributed by atoms with Crippen LogP contribution in [-0.4, -0.2) is 39.8 Å². The highest BCUT2D eigenvalue weighted by Gasteiger charge is 2.17. The average molecular weight is 287 g/mol. The van der Waals surface area contributed by atoms with Crippen molar-refractivity contribution in [1.82, 2.24) is 4.72 Å². The van der Waals surface area contributed by atoms with Gasteiger partial charge in [0.2, 0.25) is 10.0 Å². The standard InChI is InChI=1S/C12H17NO5S/c1-9-4-5-10(8-11(9)12(14)15)19(16,17)13-6-3-7-18-2/h4-5,8,13H,3,6-7H2,1-2H3,(H,14,15). The minimum absolute atomic E-state index is 0.0141. The van der Waals surface area contributed by atoms with E-state index in [9.17, 15) is 13.2 Å². The highest BCUT2D eigenvalue weighted by atomic mass is 32.2. The van der Waals surface area contributed by atoms with Gasteiger partial charge < -0.3 is 9.84 Å². The molecule has 1 aromatic carbocycles. The van der Waals surface area contributed by atoms with E-state index < -0.39 is 16.0 Å². The van der Waals surface area contributed by atoms with E-state index in [1.54, 1.807) is 6.92 Å². The molecule has 1 aromatic rings. The summed E-state index contributed by atoms with van der Waals surface area (Å²) in [6.45, 7) is 2.31. The minimum Gasteiger partial charge on any atom is -0.478 e. The summed E-state index contributed by atoms with van der Waals surface area (Å²) in [6.07, 6.45) is 0.549. The molecule has 0 radical (unpaired) electrons. The first kappa shape index (κ1) is 15.6. The van der Waals surface area contributed by atoms with Crippen LogP contribution >= 0.6 is 0 Å². The maximum atomic E-state index is 11.9. The van der Waals surface area contributed by atoms with Crippen LogP contribution < -0.4 is 4.72 Å². The summed E-state index contributed by atoms with van der Waals surface area (Å²) in [7, 11) is -2.15. The lowest BCUT2D eigenvalue weighted by Crippen LogP contribution is -2.25. The molecule has 0 atom stereocenters. The number of aryl methyl sites for hydroxylation is 1. The highest BCUT2D eigenvalue weighted by molar-refractivity contribution is 7.89. The molecular formula is C12H17NO5S. The van der Waals surface area contributed by atoms with Crippen molar-refractivity contribution in [2.75, 3.05) is 20.3 Å². The van der Waals surface area contributed by atoms with Crippen molar-refractivity contribution < 1.29 is 23.1 Å². The van der Waals surface area contributed by atoms with Crippen LogP contribution in [0.4, 0.5) is 0 Å². The molecule has 0 aliphatic rings. The van der Waals surface area contributed by atoms with Crippen molar-refractivity contribution in [3.05, 3.63) is 29.3 Å². The fraction of sp³-hybridized carbons (Fsp3) is 0.417. The summed E-state index contributed by atoms with van der Waals surface area (Å²) < 4.78 is 31.1. The van der Waals surface area contributed by atoms with Crippen molar-refractivity contribution in [2.24, 2.45) is 0 Å². The quantitative estimate of drug-likeness (QED) is 0.730. The fourth-order valence-electron chi connectivity index (χ4n) is 1.51. The number of hydrogen-bond acceptors (Lipinski definition) is 4. The number of ether oxygens (including phenoxy) is 1. The Morgan fingerprint density at radius 3 is 2.68 bits per heavy atom. The van der Waals surface area contributed by atoms with Gasteiger partial charge in [-0.3, -0.25) is 0 Å². The molecule has 0 spiro atoms. The summed E-state index contributed by atoms with van der Waals surface area (Å²) in [4.78, 5) is 10.9. The van der Waals surface area contributed by atoms with Crippen LogP contribution in [0.5, 0.6) is 0 Å². The first-order valence-corrected chi connectivity index (χ1v) is 7.19. The second-order valence-electron chi connectivity index (χ2n) is 4.03. The van der Waals surface area contributed by atoms with Crippen LogP contribution in [0.25, 0.3) is 0 Å². The zero-order valence-electron chi connectivity index (χ0n) is 10.8. The molecule has 0 fully saturated rings. The number of carboxylic acids is 1. The number of rotatable bonds is 7. The Morgan fingerprint density at radius 2 is 2.11 bits per heavy atom. The molecule has 1 rings (SSSR count). The summed E-state index contributed by atoms with van der Waals surface area (Å²) in [5.41, 5.74) is 0.505. The number of methoxy groups -OCH3 is 1. The van der Waals surface area contributed by atoms with Gasteiger partial charge in [0.25, 0.3) is 0 Å². The molecule has 0 saturated heterocycles. The van der Waals surface area contributed by atoms with E-state index in [1.807, 2.05) is 0 Å². The Hall–Kier alpha value is -1.44. The molecule has 0 saturated carbocycles. The predicted octanol–water partition coefficient (Wildman–Crippen LogP) is 1.01. The molecule has 0 bridgehead atoms. The van der Waals surface area contributed by atoms with Gasteiger partial charge in [0.05, 0.1) is 10.5 Å². The minimum atomic E-state index is -3.68. The first-order chi connectivity index (χ1) is 8.88. The van der Waals surface area contributed by atoms with Crippen LogP contribution in [0, 0.1) is 6.92 Å². The summed E-state index contributed by atoms with van der Waals surface area (Å²) >= 11 is 0. The van der Waals surface area contributed by atoms with Crippen molar-refractivity contribution in [1.29, 1.82) is 0 Å². The van der Waals surface area contributed by atoms with Crippen LogP contribution in [0.3, 0.4) is 0 Å². The average Bonchev–Trinajstić information content (AvgIpc) is 2.34. The predicted molar refractivity (Wildman–Crippen MR) is 69.8 cm³/mol. The van der Waals surface area contributed by atoms with E-state index in [1.165, 1.54) is 19.2 Å². The Kier molecular flexibility index (Phi) is 5.46. The molecule has 106 valence electrons. The molecule has 0 amide bonds. The van der Waals surface area contributed by atoms with Gasteiger partial charge in [-0.05, 0) is 31.0 Å². The third-order valence-electron chi connectivity index (χ3n) is 2.57. The molecule has 0 aliphatic carbocycles. The number of sulfonamides is 1. The number of benzene rings is 1. The molecule has 0 aliphatic heterocycles. The lowest BCUT2D eigenvalue weighted by atomic mass is 10.1. The molecule has 19 heavy (non-hydrogen) atoms. The molecule has 0 aromatic heterocycles. The van der Waals surface area contributed by atoms with Gasteiger partial charge in [-0.15, -0.1) is 0 Å². The van der Waals surface area contributed by atoms with E-state index in [-0.39, 0.29) is 17.0 Å². The van der Waals surface area contributed by atoms with Crippen molar-refractivity contribution in [2.45, 2.75) is 18.2 Å². The zero-order chi connectivity index (χ0) is 14.5. The van der Waals surface area contributed by atoms with Gasteiger partial charge in [-0.1, -0.05) is 6.07 Å². The molecule has 0 heterocycles. The molecule has 2 N–H and O–H groups in total. The Bertz CT molecular complexity index is 553. The van der Waals surface area contributed by atoms with Crippen molar-refractivity contribution in [3.63, 3.8) is 0 Å². The second-order valence-corrected chi connectivity index (χ2v) is 5.79. The smallest absolute Gasteiger partial charge is 0.335 e. The van der Waals surface area contributed by atoms with Gasteiger partial charge in [0.1, 0.15) is 0 Å². The molecule has 7 heteroatoms. The van der Waals surface area contributed by atoms with E-state index >= 15 is 0 Å². The summed E-state index contributed by atoms with van der Waals surface area (Å²) in [6, 6.07) is 4.03. The van der Waals surface area contributed by atoms with Crippen LogP contribution in [0.1, 0.15) is 22.3 Å². The monoisotopic (exact) mass is 287 g/mol. The maximum absolute atomic E-state index is 11.9. The molecule has 6 nitrogen and oxygen atoms in total. The number of nitrogens with one attached hydrogen (secondary N) is 1. The third-order valence-corrected chi connectivity index (χ3v) is 4.03. The van der Waals surface area contributed by atoms with E-state index in [4.69, 9.17) is 9.84 Å². The lowest BCUT2D eigenvalue weighted by Gasteiger charge is -2.08.